The molecule has 0 bridgehead atoms. The maximum atomic E-state index is 9.61. The van der Waals surface area contributed by atoms with Gasteiger partial charge in [0.05, 0.1) is 18.3 Å². The zero-order valence-electron chi connectivity index (χ0n) is 9.50. The van der Waals surface area contributed by atoms with E-state index in [0.29, 0.717) is 0 Å². The van der Waals surface area contributed by atoms with E-state index in [1.807, 2.05) is 20.9 Å². The van der Waals surface area contributed by atoms with Crippen LogP contribution in [0.25, 0.3) is 0 Å². The highest BCUT2D eigenvalue weighted by atomic mass is 16.5. The number of morpholine rings is 1. The first-order valence-electron chi connectivity index (χ1n) is 5.02. The Kier molecular flexibility index (Phi) is 5.53. The molecule has 1 saturated heterocycles. The van der Waals surface area contributed by atoms with Crippen LogP contribution in [0.2, 0.25) is 0 Å². The first kappa shape index (κ1) is 12.9. The van der Waals surface area contributed by atoms with Crippen LogP contribution in [0, 0.1) is 0 Å². The number of likely N-dealkylation sites (N-methyl/N-ethyl adjacent to an activating group) is 1. The van der Waals surface area contributed by atoms with Crippen LogP contribution in [0.15, 0.2) is 0 Å². The Bertz CT molecular complexity index is 131. The van der Waals surface area contributed by atoms with Gasteiger partial charge < -0.3 is 14.7 Å². The third-order valence-electron chi connectivity index (χ3n) is 2.06. The van der Waals surface area contributed by atoms with Gasteiger partial charge in [0.1, 0.15) is 0 Å². The first-order valence-corrected chi connectivity index (χ1v) is 5.02. The van der Waals surface area contributed by atoms with Crippen molar-refractivity contribution in [3.63, 3.8) is 0 Å². The van der Waals surface area contributed by atoms with Gasteiger partial charge in [0, 0.05) is 13.1 Å². The quantitative estimate of drug-likeness (QED) is 0.671. The van der Waals surface area contributed by atoms with E-state index in [9.17, 15) is 5.11 Å². The normalized spacial score (nSPS) is 24.9. The summed E-state index contributed by atoms with van der Waals surface area (Å²) in [5.74, 6) is 0. The molecule has 1 aliphatic rings. The molecule has 3 heteroatoms. The molecular formula is C10H23NO2. The van der Waals surface area contributed by atoms with Crippen LogP contribution in [0.1, 0.15) is 27.7 Å². The number of aliphatic hydroxyl groups is 1. The average molecular weight is 189 g/mol. The summed E-state index contributed by atoms with van der Waals surface area (Å²) in [6, 6.07) is 0. The summed E-state index contributed by atoms with van der Waals surface area (Å²) in [6.45, 7) is 10.1. The molecule has 1 atom stereocenters. The second-order valence-electron chi connectivity index (χ2n) is 3.78. The summed E-state index contributed by atoms with van der Waals surface area (Å²) in [4.78, 5) is 2.17. The minimum absolute atomic E-state index is 0.0405. The van der Waals surface area contributed by atoms with Crippen molar-refractivity contribution in [3.8, 4) is 0 Å². The minimum Gasteiger partial charge on any atom is -0.388 e. The molecule has 0 saturated carbocycles. The topological polar surface area (TPSA) is 32.7 Å². The highest BCUT2D eigenvalue weighted by Crippen LogP contribution is 2.16. The van der Waals surface area contributed by atoms with Crippen molar-refractivity contribution in [2.75, 3.05) is 26.7 Å². The van der Waals surface area contributed by atoms with Crippen LogP contribution in [0.3, 0.4) is 0 Å². The predicted octanol–water partition coefficient (Wildman–Crippen LogP) is 1.11. The monoisotopic (exact) mass is 189 g/mol. The van der Waals surface area contributed by atoms with E-state index < -0.39 is 5.60 Å². The van der Waals surface area contributed by atoms with Gasteiger partial charge >= 0.3 is 0 Å². The van der Waals surface area contributed by atoms with Gasteiger partial charge in [0.2, 0.25) is 0 Å². The largest absolute Gasteiger partial charge is 0.388 e. The van der Waals surface area contributed by atoms with Gasteiger partial charge in [-0.1, -0.05) is 13.8 Å². The van der Waals surface area contributed by atoms with E-state index in [1.54, 1.807) is 13.8 Å². The van der Waals surface area contributed by atoms with E-state index in [2.05, 4.69) is 4.90 Å². The van der Waals surface area contributed by atoms with Crippen molar-refractivity contribution >= 4 is 0 Å². The summed E-state index contributed by atoms with van der Waals surface area (Å²) in [6.07, 6.45) is -0.0405. The first-order chi connectivity index (χ1) is 6.00. The van der Waals surface area contributed by atoms with Gasteiger partial charge in [-0.3, -0.25) is 0 Å². The van der Waals surface area contributed by atoms with Crippen molar-refractivity contribution in [1.82, 2.24) is 4.90 Å². The van der Waals surface area contributed by atoms with Crippen molar-refractivity contribution < 1.29 is 9.84 Å². The number of ether oxygens (including phenoxy) is 1. The maximum absolute atomic E-state index is 9.61. The smallest absolute Gasteiger partial charge is 0.0983 e. The fraction of sp³-hybridized carbons (Fsp3) is 1.00. The van der Waals surface area contributed by atoms with Crippen LogP contribution >= 0.6 is 0 Å². The number of hydrogen-bond donors (Lipinski definition) is 1. The summed E-state index contributed by atoms with van der Waals surface area (Å²) in [7, 11) is 2.04. The Morgan fingerprint density at radius 3 is 2.23 bits per heavy atom. The number of hydrogen-bond acceptors (Lipinski definition) is 3. The highest BCUT2D eigenvalue weighted by Gasteiger charge is 2.30. The molecule has 3 nitrogen and oxygen atoms in total. The molecule has 1 heterocycles. The van der Waals surface area contributed by atoms with E-state index in [4.69, 9.17) is 4.74 Å². The zero-order valence-corrected chi connectivity index (χ0v) is 9.50. The van der Waals surface area contributed by atoms with Crippen LogP contribution < -0.4 is 0 Å². The van der Waals surface area contributed by atoms with Crippen molar-refractivity contribution in [2.24, 2.45) is 0 Å². The Morgan fingerprint density at radius 1 is 1.38 bits per heavy atom. The van der Waals surface area contributed by atoms with Crippen LogP contribution in [-0.2, 0) is 4.74 Å². The molecule has 0 amide bonds. The Labute approximate surface area is 81.7 Å². The summed E-state index contributed by atoms with van der Waals surface area (Å²) in [5, 5.41) is 9.61. The van der Waals surface area contributed by atoms with Crippen molar-refractivity contribution in [3.05, 3.63) is 0 Å². The standard InChI is InChI=1S/C8H17NO2.C2H6/c1-8(2,10)7-6-9(3)4-5-11-7;1-2/h7,10H,4-6H2,1-3H3;1-2H3. The van der Waals surface area contributed by atoms with Crippen molar-refractivity contribution in [1.29, 1.82) is 0 Å². The van der Waals surface area contributed by atoms with Crippen molar-refractivity contribution in [2.45, 2.75) is 39.4 Å². The second-order valence-corrected chi connectivity index (χ2v) is 3.78. The minimum atomic E-state index is -0.714. The fourth-order valence-corrected chi connectivity index (χ4v) is 1.21. The molecule has 0 aromatic rings. The maximum Gasteiger partial charge on any atom is 0.0983 e. The average Bonchev–Trinajstić information content (AvgIpc) is 2.06. The van der Waals surface area contributed by atoms with E-state index in [0.717, 1.165) is 19.7 Å². The van der Waals surface area contributed by atoms with Crippen LogP contribution in [0.5, 0.6) is 0 Å². The summed E-state index contributed by atoms with van der Waals surface area (Å²) in [5.41, 5.74) is -0.714. The molecule has 1 N–H and O–H groups in total. The molecule has 0 spiro atoms. The van der Waals surface area contributed by atoms with Crippen LogP contribution in [-0.4, -0.2) is 48.5 Å². The summed E-state index contributed by atoms with van der Waals surface area (Å²) >= 11 is 0. The van der Waals surface area contributed by atoms with Gasteiger partial charge in [-0.05, 0) is 20.9 Å². The molecule has 13 heavy (non-hydrogen) atoms. The van der Waals surface area contributed by atoms with Gasteiger partial charge in [-0.2, -0.15) is 0 Å². The predicted molar refractivity (Wildman–Crippen MR) is 54.9 cm³/mol. The lowest BCUT2D eigenvalue weighted by Gasteiger charge is -2.36. The molecule has 0 aliphatic carbocycles. The second kappa shape index (κ2) is 5.58. The van der Waals surface area contributed by atoms with E-state index in [-0.39, 0.29) is 6.10 Å². The molecule has 1 unspecified atom stereocenters. The molecule has 80 valence electrons. The number of nitrogens with zero attached hydrogens (tertiary/aromatic N) is 1. The summed E-state index contributed by atoms with van der Waals surface area (Å²) < 4.78 is 5.42. The van der Waals surface area contributed by atoms with Gasteiger partial charge in [-0.25, -0.2) is 0 Å². The number of rotatable bonds is 1. The molecule has 0 radical (unpaired) electrons. The third-order valence-corrected chi connectivity index (χ3v) is 2.06. The van der Waals surface area contributed by atoms with Crippen LogP contribution in [0.4, 0.5) is 0 Å². The lowest BCUT2D eigenvalue weighted by molar-refractivity contribution is -0.123. The van der Waals surface area contributed by atoms with Gasteiger partial charge in [-0.15, -0.1) is 0 Å². The van der Waals surface area contributed by atoms with E-state index >= 15 is 0 Å². The van der Waals surface area contributed by atoms with Gasteiger partial charge in [0.25, 0.3) is 0 Å². The SMILES string of the molecule is CC.CN1CCOC(C(C)(C)O)C1. The Hall–Kier alpha value is -0.120. The molecule has 1 fully saturated rings. The third kappa shape index (κ3) is 4.60. The molecular weight excluding hydrogens is 166 g/mol. The molecule has 0 aromatic carbocycles. The highest BCUT2D eigenvalue weighted by molar-refractivity contribution is 4.82. The fourth-order valence-electron chi connectivity index (χ4n) is 1.21. The molecule has 0 aromatic heterocycles. The lowest BCUT2D eigenvalue weighted by atomic mass is 10.0. The lowest BCUT2D eigenvalue weighted by Crippen LogP contribution is -2.50. The zero-order chi connectivity index (χ0) is 10.5. The molecule has 1 aliphatic heterocycles. The van der Waals surface area contributed by atoms with E-state index in [1.165, 1.54) is 0 Å². The van der Waals surface area contributed by atoms with Gasteiger partial charge in [0.15, 0.2) is 0 Å². The Balaban J connectivity index is 0.000000671. The molecule has 1 rings (SSSR count). The Morgan fingerprint density at radius 2 is 1.92 bits per heavy atom.